The van der Waals surface area contributed by atoms with Gasteiger partial charge in [-0.15, -0.1) is 0 Å². The highest BCUT2D eigenvalue weighted by Gasteiger charge is 2.44. The van der Waals surface area contributed by atoms with Crippen LogP contribution in [0.25, 0.3) is 0 Å². The van der Waals surface area contributed by atoms with Gasteiger partial charge in [-0.3, -0.25) is 14.6 Å². The number of hydrogen-bond acceptors (Lipinski definition) is 3. The second-order valence-electron chi connectivity index (χ2n) is 6.73. The Bertz CT molecular complexity index is 581. The minimum atomic E-state index is -0.143. The lowest BCUT2D eigenvalue weighted by Crippen LogP contribution is -2.38. The topological polar surface area (TPSA) is 53.5 Å². The van der Waals surface area contributed by atoms with Crippen LogP contribution in [0.5, 0.6) is 0 Å². The van der Waals surface area contributed by atoms with E-state index >= 15 is 0 Å². The number of aromatic nitrogens is 1. The lowest BCUT2D eigenvalue weighted by molar-refractivity contribution is -0.137. The van der Waals surface area contributed by atoms with Gasteiger partial charge in [-0.1, -0.05) is 0 Å². The lowest BCUT2D eigenvalue weighted by atomic mass is 10.1. The van der Waals surface area contributed by atoms with Crippen LogP contribution in [0.1, 0.15) is 37.7 Å². The smallest absolute Gasteiger partial charge is 0.228 e. The molecule has 2 amide bonds. The van der Waals surface area contributed by atoms with Crippen LogP contribution in [0.2, 0.25) is 0 Å². The zero-order chi connectivity index (χ0) is 15.1. The molecule has 5 heteroatoms. The molecule has 4 rings (SSSR count). The maximum absolute atomic E-state index is 12.9. The van der Waals surface area contributed by atoms with E-state index in [1.807, 2.05) is 21.9 Å². The van der Waals surface area contributed by atoms with Gasteiger partial charge in [0.2, 0.25) is 11.8 Å². The number of nitrogens with zero attached hydrogens (tertiary/aromatic N) is 3. The van der Waals surface area contributed by atoms with Gasteiger partial charge in [-0.05, 0) is 43.4 Å². The number of hydrogen-bond donors (Lipinski definition) is 0. The largest absolute Gasteiger partial charge is 0.339 e. The van der Waals surface area contributed by atoms with Gasteiger partial charge in [0, 0.05) is 44.0 Å². The Kier molecular flexibility index (Phi) is 3.36. The number of rotatable bonds is 5. The molecule has 0 spiro atoms. The number of amides is 2. The summed E-state index contributed by atoms with van der Waals surface area (Å²) in [5.41, 5.74) is 1.11. The first-order chi connectivity index (χ1) is 10.7. The minimum Gasteiger partial charge on any atom is -0.339 e. The summed E-state index contributed by atoms with van der Waals surface area (Å²) < 4.78 is 0. The number of carbonyl (C=O) groups is 2. The molecule has 3 fully saturated rings. The van der Waals surface area contributed by atoms with Crippen molar-refractivity contribution in [1.82, 2.24) is 14.8 Å². The molecule has 5 nitrogen and oxygen atoms in total. The van der Waals surface area contributed by atoms with E-state index in [1.165, 1.54) is 0 Å². The summed E-state index contributed by atoms with van der Waals surface area (Å²) in [6, 6.07) is 4.70. The summed E-state index contributed by atoms with van der Waals surface area (Å²) in [7, 11) is 0. The lowest BCUT2D eigenvalue weighted by Gasteiger charge is -2.25. The van der Waals surface area contributed by atoms with Crippen LogP contribution in [-0.4, -0.2) is 45.2 Å². The summed E-state index contributed by atoms with van der Waals surface area (Å²) >= 11 is 0. The molecule has 22 heavy (non-hydrogen) atoms. The van der Waals surface area contributed by atoms with Crippen molar-refractivity contribution in [2.24, 2.45) is 5.92 Å². The fourth-order valence-electron chi connectivity index (χ4n) is 3.33. The van der Waals surface area contributed by atoms with E-state index in [0.717, 1.165) is 31.2 Å². The fourth-order valence-corrected chi connectivity index (χ4v) is 3.33. The average molecular weight is 299 g/mol. The van der Waals surface area contributed by atoms with Crippen LogP contribution in [0.3, 0.4) is 0 Å². The standard InChI is InChI=1S/C17H21N3O2/c21-16-9-13(11-19(16)14-1-2-14)17(22)20(15-3-4-15)10-12-5-7-18-8-6-12/h5-8,13-15H,1-4,9-11H2/t13-/m0/s1. The molecule has 116 valence electrons. The third-order valence-electron chi connectivity index (χ3n) is 4.87. The summed E-state index contributed by atoms with van der Waals surface area (Å²) in [5, 5.41) is 0. The number of pyridine rings is 1. The molecule has 2 saturated carbocycles. The molecule has 0 N–H and O–H groups in total. The number of carbonyl (C=O) groups excluding carboxylic acids is 2. The van der Waals surface area contributed by atoms with Gasteiger partial charge >= 0.3 is 0 Å². The van der Waals surface area contributed by atoms with Gasteiger partial charge < -0.3 is 9.80 Å². The van der Waals surface area contributed by atoms with Crippen molar-refractivity contribution >= 4 is 11.8 Å². The van der Waals surface area contributed by atoms with Gasteiger partial charge in [0.1, 0.15) is 0 Å². The molecule has 2 heterocycles. The van der Waals surface area contributed by atoms with Crippen LogP contribution in [0.15, 0.2) is 24.5 Å². The predicted molar refractivity (Wildman–Crippen MR) is 80.7 cm³/mol. The Balaban J connectivity index is 1.46. The van der Waals surface area contributed by atoms with Crippen LogP contribution in [0, 0.1) is 5.92 Å². The molecule has 0 bridgehead atoms. The first-order valence-corrected chi connectivity index (χ1v) is 8.21. The molecule has 0 unspecified atom stereocenters. The van der Waals surface area contributed by atoms with Crippen molar-refractivity contribution in [2.45, 2.75) is 50.7 Å². The molecule has 1 aliphatic heterocycles. The average Bonchev–Trinajstić information content (AvgIpc) is 3.44. The summed E-state index contributed by atoms with van der Waals surface area (Å²) in [5.74, 6) is 0.187. The molecule has 3 aliphatic rings. The molecular weight excluding hydrogens is 278 g/mol. The highest BCUT2D eigenvalue weighted by atomic mass is 16.2. The van der Waals surface area contributed by atoms with E-state index < -0.39 is 0 Å². The zero-order valence-electron chi connectivity index (χ0n) is 12.6. The maximum atomic E-state index is 12.9. The summed E-state index contributed by atoms with van der Waals surface area (Å²) in [6.07, 6.45) is 8.31. The molecule has 1 aromatic rings. The Morgan fingerprint density at radius 2 is 1.95 bits per heavy atom. The molecule has 1 saturated heterocycles. The van der Waals surface area contributed by atoms with E-state index in [9.17, 15) is 9.59 Å². The Hall–Kier alpha value is -1.91. The Labute approximate surface area is 130 Å². The first kappa shape index (κ1) is 13.7. The zero-order valence-corrected chi connectivity index (χ0v) is 12.6. The first-order valence-electron chi connectivity index (χ1n) is 8.21. The molecule has 2 aliphatic carbocycles. The Morgan fingerprint density at radius 1 is 1.23 bits per heavy atom. The monoisotopic (exact) mass is 299 g/mol. The Morgan fingerprint density at radius 3 is 2.59 bits per heavy atom. The van der Waals surface area contributed by atoms with Gasteiger partial charge in [0.05, 0.1) is 5.92 Å². The van der Waals surface area contributed by atoms with E-state index in [0.29, 0.717) is 31.6 Å². The van der Waals surface area contributed by atoms with Crippen molar-refractivity contribution in [3.05, 3.63) is 30.1 Å². The quantitative estimate of drug-likeness (QED) is 0.829. The number of likely N-dealkylation sites (tertiary alicyclic amines) is 1. The van der Waals surface area contributed by atoms with Crippen molar-refractivity contribution in [3.63, 3.8) is 0 Å². The normalized spacial score (nSPS) is 24.6. The summed E-state index contributed by atoms with van der Waals surface area (Å²) in [6.45, 7) is 1.27. The van der Waals surface area contributed by atoms with Crippen molar-refractivity contribution in [1.29, 1.82) is 0 Å². The van der Waals surface area contributed by atoms with E-state index in [1.54, 1.807) is 12.4 Å². The van der Waals surface area contributed by atoms with Gasteiger partial charge in [0.15, 0.2) is 0 Å². The predicted octanol–water partition coefficient (Wildman–Crippen LogP) is 1.58. The minimum absolute atomic E-state index is 0.143. The second-order valence-corrected chi connectivity index (χ2v) is 6.73. The maximum Gasteiger partial charge on any atom is 0.228 e. The van der Waals surface area contributed by atoms with Gasteiger partial charge in [0.25, 0.3) is 0 Å². The van der Waals surface area contributed by atoms with Gasteiger partial charge in [-0.25, -0.2) is 0 Å². The van der Waals surface area contributed by atoms with Crippen molar-refractivity contribution < 1.29 is 9.59 Å². The van der Waals surface area contributed by atoms with Crippen LogP contribution >= 0.6 is 0 Å². The third kappa shape index (κ3) is 2.72. The second kappa shape index (κ2) is 5.38. The molecular formula is C17H21N3O2. The van der Waals surface area contributed by atoms with E-state index in [4.69, 9.17) is 0 Å². The fraction of sp³-hybridized carbons (Fsp3) is 0.588. The molecule has 1 atom stereocenters. The molecule has 0 aromatic carbocycles. The van der Waals surface area contributed by atoms with E-state index in [-0.39, 0.29) is 17.7 Å². The van der Waals surface area contributed by atoms with Crippen LogP contribution in [0.4, 0.5) is 0 Å². The van der Waals surface area contributed by atoms with E-state index in [2.05, 4.69) is 4.98 Å². The van der Waals surface area contributed by atoms with Crippen molar-refractivity contribution in [3.8, 4) is 0 Å². The molecule has 0 radical (unpaired) electrons. The summed E-state index contributed by atoms with van der Waals surface area (Å²) in [4.78, 5) is 32.9. The molecule has 1 aromatic heterocycles. The SMILES string of the molecule is O=C1C[C@H](C(=O)N(Cc2ccncc2)C2CC2)CN1C1CC1. The van der Waals surface area contributed by atoms with Crippen LogP contribution < -0.4 is 0 Å². The van der Waals surface area contributed by atoms with Crippen molar-refractivity contribution in [2.75, 3.05) is 6.54 Å². The third-order valence-corrected chi connectivity index (χ3v) is 4.87. The van der Waals surface area contributed by atoms with Gasteiger partial charge in [-0.2, -0.15) is 0 Å². The highest BCUT2D eigenvalue weighted by molar-refractivity contribution is 5.89. The highest BCUT2D eigenvalue weighted by Crippen LogP contribution is 2.35. The van der Waals surface area contributed by atoms with Crippen LogP contribution in [-0.2, 0) is 16.1 Å².